The zero-order valence-corrected chi connectivity index (χ0v) is 13.0. The van der Waals surface area contributed by atoms with Crippen molar-refractivity contribution in [1.82, 2.24) is 4.90 Å². The van der Waals surface area contributed by atoms with Crippen molar-refractivity contribution in [2.45, 2.75) is 31.7 Å². The highest BCUT2D eigenvalue weighted by Crippen LogP contribution is 2.31. The van der Waals surface area contributed by atoms with Crippen molar-refractivity contribution in [2.75, 3.05) is 5.75 Å². The van der Waals surface area contributed by atoms with Crippen LogP contribution >= 0.6 is 11.8 Å². The summed E-state index contributed by atoms with van der Waals surface area (Å²) in [5, 5.41) is 9.18. The van der Waals surface area contributed by atoms with Crippen LogP contribution in [0.15, 0.2) is 30.3 Å². The summed E-state index contributed by atoms with van der Waals surface area (Å²) in [5.41, 5.74) is 2.06. The van der Waals surface area contributed by atoms with Gasteiger partial charge in [-0.1, -0.05) is 36.8 Å². The number of rotatable bonds is 4. The van der Waals surface area contributed by atoms with Crippen LogP contribution in [0.2, 0.25) is 0 Å². The number of hydrogen-bond donors (Lipinski definition) is 1. The molecule has 0 aliphatic carbocycles. The number of amides is 1. The van der Waals surface area contributed by atoms with E-state index in [0.29, 0.717) is 5.75 Å². The number of thioether (sulfide) groups is 1. The average Bonchev–Trinajstić information content (AvgIpc) is 2.89. The topological polar surface area (TPSA) is 57.6 Å². The fourth-order valence-corrected chi connectivity index (χ4v) is 3.75. The van der Waals surface area contributed by atoms with Crippen molar-refractivity contribution in [3.8, 4) is 0 Å². The van der Waals surface area contributed by atoms with Gasteiger partial charge in [-0.05, 0) is 25.0 Å². The first kappa shape index (κ1) is 15.6. The van der Waals surface area contributed by atoms with Gasteiger partial charge >= 0.3 is 5.97 Å². The molecule has 2 unspecified atom stereocenters. The lowest BCUT2D eigenvalue weighted by atomic mass is 10.1. The first-order valence-electron chi connectivity index (χ1n) is 6.94. The number of nitrogens with zero attached hydrogens (tertiary/aromatic N) is 1. The van der Waals surface area contributed by atoms with Crippen LogP contribution in [0.4, 0.5) is 0 Å². The van der Waals surface area contributed by atoms with E-state index in [0.717, 1.165) is 17.5 Å². The fraction of sp³-hybridized carbons (Fsp3) is 0.375. The number of carboxylic acids is 1. The van der Waals surface area contributed by atoms with Gasteiger partial charge in [0.15, 0.2) is 0 Å². The van der Waals surface area contributed by atoms with Crippen LogP contribution in [0.25, 0.3) is 6.08 Å². The molecular weight excluding hydrogens is 286 g/mol. The standard InChI is InChI=1S/C16H19NO3S/c1-3-15-17(13(10-21-15)16(19)20)14(18)8-7-12-6-4-5-11(2)9-12/h4-9,13,15H,3,10H2,1-2H3,(H,19,20). The maximum atomic E-state index is 12.4. The summed E-state index contributed by atoms with van der Waals surface area (Å²) in [7, 11) is 0. The van der Waals surface area contributed by atoms with E-state index < -0.39 is 12.0 Å². The molecule has 5 heteroatoms. The Balaban J connectivity index is 2.15. The Kier molecular flexibility index (Phi) is 5.07. The van der Waals surface area contributed by atoms with Crippen molar-refractivity contribution in [3.05, 3.63) is 41.5 Å². The smallest absolute Gasteiger partial charge is 0.327 e. The molecule has 0 saturated carbocycles. The van der Waals surface area contributed by atoms with Gasteiger partial charge in [-0.15, -0.1) is 11.8 Å². The molecule has 1 aromatic carbocycles. The van der Waals surface area contributed by atoms with Crippen LogP contribution in [0.3, 0.4) is 0 Å². The predicted octanol–water partition coefficient (Wildman–Crippen LogP) is 2.77. The molecule has 2 atom stereocenters. The molecule has 1 fully saturated rings. The summed E-state index contributed by atoms with van der Waals surface area (Å²) < 4.78 is 0. The van der Waals surface area contributed by atoms with Crippen molar-refractivity contribution < 1.29 is 14.7 Å². The predicted molar refractivity (Wildman–Crippen MR) is 85.0 cm³/mol. The minimum atomic E-state index is -0.934. The Morgan fingerprint density at radius 2 is 2.24 bits per heavy atom. The molecule has 1 saturated heterocycles. The molecule has 1 amide bonds. The highest BCUT2D eigenvalue weighted by molar-refractivity contribution is 8.00. The number of hydrogen-bond acceptors (Lipinski definition) is 3. The first-order valence-corrected chi connectivity index (χ1v) is 7.99. The molecule has 1 aliphatic heterocycles. The molecule has 2 rings (SSSR count). The monoisotopic (exact) mass is 305 g/mol. The van der Waals surface area contributed by atoms with E-state index in [1.165, 1.54) is 22.7 Å². The van der Waals surface area contributed by atoms with Crippen LogP contribution in [0.1, 0.15) is 24.5 Å². The first-order chi connectivity index (χ1) is 10.0. The van der Waals surface area contributed by atoms with E-state index in [-0.39, 0.29) is 11.3 Å². The third kappa shape index (κ3) is 3.67. The van der Waals surface area contributed by atoms with Crippen LogP contribution in [0, 0.1) is 6.92 Å². The van der Waals surface area contributed by atoms with Gasteiger partial charge in [0.25, 0.3) is 0 Å². The van der Waals surface area contributed by atoms with Gasteiger partial charge in [0.05, 0.1) is 5.37 Å². The van der Waals surface area contributed by atoms with Crippen molar-refractivity contribution in [2.24, 2.45) is 0 Å². The van der Waals surface area contributed by atoms with Crippen molar-refractivity contribution in [1.29, 1.82) is 0 Å². The van der Waals surface area contributed by atoms with Gasteiger partial charge in [0, 0.05) is 11.8 Å². The maximum Gasteiger partial charge on any atom is 0.327 e. The van der Waals surface area contributed by atoms with Crippen LogP contribution in [-0.4, -0.2) is 39.1 Å². The van der Waals surface area contributed by atoms with E-state index in [1.54, 1.807) is 6.08 Å². The Morgan fingerprint density at radius 3 is 2.86 bits per heavy atom. The van der Waals surface area contributed by atoms with E-state index in [4.69, 9.17) is 0 Å². The molecule has 1 N–H and O–H groups in total. The molecular formula is C16H19NO3S. The SMILES string of the molecule is CCC1SCC(C(=O)O)N1C(=O)C=Cc1cccc(C)c1. The molecule has 0 aromatic heterocycles. The van der Waals surface area contributed by atoms with E-state index in [2.05, 4.69) is 0 Å². The second-order valence-corrected chi connectivity index (χ2v) is 6.25. The largest absolute Gasteiger partial charge is 0.480 e. The molecule has 0 spiro atoms. The van der Waals surface area contributed by atoms with Crippen molar-refractivity contribution in [3.63, 3.8) is 0 Å². The molecule has 1 heterocycles. The summed E-state index contributed by atoms with van der Waals surface area (Å²) in [5.74, 6) is -0.714. The molecule has 112 valence electrons. The third-order valence-electron chi connectivity index (χ3n) is 3.44. The summed E-state index contributed by atoms with van der Waals surface area (Å²) in [4.78, 5) is 25.1. The number of carbonyl (C=O) groups is 2. The number of aryl methyl sites for hydroxylation is 1. The summed E-state index contributed by atoms with van der Waals surface area (Å²) in [6.45, 7) is 3.95. The summed E-state index contributed by atoms with van der Waals surface area (Å²) >= 11 is 1.53. The highest BCUT2D eigenvalue weighted by Gasteiger charge is 2.39. The summed E-state index contributed by atoms with van der Waals surface area (Å²) in [6.07, 6.45) is 3.96. The lowest BCUT2D eigenvalue weighted by Crippen LogP contribution is -2.44. The van der Waals surface area contributed by atoms with E-state index in [9.17, 15) is 14.7 Å². The van der Waals surface area contributed by atoms with Gasteiger partial charge < -0.3 is 10.0 Å². The van der Waals surface area contributed by atoms with Crippen LogP contribution in [-0.2, 0) is 9.59 Å². The third-order valence-corrected chi connectivity index (χ3v) is 4.90. The zero-order valence-electron chi connectivity index (χ0n) is 12.2. The van der Waals surface area contributed by atoms with E-state index >= 15 is 0 Å². The lowest BCUT2D eigenvalue weighted by Gasteiger charge is -2.25. The molecule has 21 heavy (non-hydrogen) atoms. The Labute approximate surface area is 128 Å². The molecule has 0 bridgehead atoms. The van der Waals surface area contributed by atoms with Gasteiger partial charge in [0.2, 0.25) is 5.91 Å². The van der Waals surface area contributed by atoms with Crippen LogP contribution in [0.5, 0.6) is 0 Å². The normalized spacial score (nSPS) is 21.9. The van der Waals surface area contributed by atoms with E-state index in [1.807, 2.05) is 38.1 Å². The minimum Gasteiger partial charge on any atom is -0.480 e. The molecule has 4 nitrogen and oxygen atoms in total. The number of aliphatic carboxylic acids is 1. The lowest BCUT2D eigenvalue weighted by molar-refractivity contribution is -0.147. The second-order valence-electron chi connectivity index (χ2n) is 5.04. The minimum absolute atomic E-state index is 0.0549. The zero-order chi connectivity index (χ0) is 15.4. The van der Waals surface area contributed by atoms with Gasteiger partial charge in [-0.25, -0.2) is 4.79 Å². The molecule has 1 aromatic rings. The Morgan fingerprint density at radius 1 is 1.48 bits per heavy atom. The second kappa shape index (κ2) is 6.80. The Bertz CT molecular complexity index is 570. The van der Waals surface area contributed by atoms with Crippen molar-refractivity contribution >= 4 is 29.7 Å². The fourth-order valence-electron chi connectivity index (χ4n) is 2.39. The number of benzene rings is 1. The van der Waals surface area contributed by atoms with Gasteiger partial charge in [-0.2, -0.15) is 0 Å². The maximum absolute atomic E-state index is 12.4. The summed E-state index contributed by atoms with van der Waals surface area (Å²) in [6, 6.07) is 7.09. The molecule has 1 aliphatic rings. The van der Waals surface area contributed by atoms with Crippen LogP contribution < -0.4 is 0 Å². The van der Waals surface area contributed by atoms with Gasteiger partial charge in [0.1, 0.15) is 6.04 Å². The molecule has 0 radical (unpaired) electrons. The highest BCUT2D eigenvalue weighted by atomic mass is 32.2. The van der Waals surface area contributed by atoms with Gasteiger partial charge in [-0.3, -0.25) is 4.79 Å². The Hall–Kier alpha value is -1.75. The number of carboxylic acid groups (broad SMARTS) is 1. The average molecular weight is 305 g/mol. The quantitative estimate of drug-likeness (QED) is 0.869. The number of carbonyl (C=O) groups excluding carboxylic acids is 1.